The number of rotatable bonds is 5. The van der Waals surface area contributed by atoms with E-state index in [1.165, 1.54) is 18.3 Å². The highest BCUT2D eigenvalue weighted by atomic mass is 35.5. The molecule has 0 atom stereocenters. The van der Waals surface area contributed by atoms with Crippen LogP contribution in [0.1, 0.15) is 0 Å². The lowest BCUT2D eigenvalue weighted by molar-refractivity contribution is 0.328. The molecule has 2 aromatic rings. The number of ether oxygens (including phenoxy) is 1. The lowest BCUT2D eigenvalue weighted by atomic mass is 10.2. The van der Waals surface area contributed by atoms with Crippen LogP contribution in [0.25, 0.3) is 0 Å². The third-order valence-corrected chi connectivity index (χ3v) is 2.63. The third-order valence-electron chi connectivity index (χ3n) is 2.36. The number of aromatic nitrogens is 2. The zero-order chi connectivity index (χ0) is 14.5. The van der Waals surface area contributed by atoms with Crippen LogP contribution < -0.4 is 21.5 Å². The van der Waals surface area contributed by atoms with Crippen LogP contribution in [-0.4, -0.2) is 23.1 Å². The molecule has 0 unspecified atom stereocenters. The molecule has 0 fully saturated rings. The highest BCUT2D eigenvalue weighted by Crippen LogP contribution is 2.32. The van der Waals surface area contributed by atoms with Gasteiger partial charge in [0.05, 0.1) is 6.20 Å². The average molecular weight is 298 g/mol. The molecule has 0 aliphatic carbocycles. The Labute approximate surface area is 119 Å². The van der Waals surface area contributed by atoms with Crippen LogP contribution in [0.4, 0.5) is 21.8 Å². The first kappa shape index (κ1) is 14.3. The molecule has 0 spiro atoms. The molecule has 0 bridgehead atoms. The Kier molecular flexibility index (Phi) is 4.54. The number of hydrogen-bond acceptors (Lipinski definition) is 6. The van der Waals surface area contributed by atoms with Gasteiger partial charge in [-0.1, -0.05) is 17.7 Å². The highest BCUT2D eigenvalue weighted by molar-refractivity contribution is 6.32. The van der Waals surface area contributed by atoms with Crippen LogP contribution in [0.5, 0.6) is 5.75 Å². The van der Waals surface area contributed by atoms with Crippen molar-refractivity contribution in [2.75, 3.05) is 24.2 Å². The molecule has 0 radical (unpaired) electrons. The molecule has 0 aliphatic rings. The van der Waals surface area contributed by atoms with Crippen molar-refractivity contribution in [3.63, 3.8) is 0 Å². The second-order valence-electron chi connectivity index (χ2n) is 3.80. The fourth-order valence-electron chi connectivity index (χ4n) is 1.50. The molecule has 2 rings (SSSR count). The van der Waals surface area contributed by atoms with Crippen molar-refractivity contribution in [2.45, 2.75) is 0 Å². The molecule has 106 valence electrons. The summed E-state index contributed by atoms with van der Waals surface area (Å²) in [6, 6.07) is 4.43. The monoisotopic (exact) mass is 297 g/mol. The van der Waals surface area contributed by atoms with Crippen LogP contribution in [0.2, 0.25) is 5.02 Å². The number of nitrogen functional groups attached to an aromatic ring is 1. The van der Waals surface area contributed by atoms with Gasteiger partial charge in [-0.3, -0.25) is 0 Å². The van der Waals surface area contributed by atoms with Gasteiger partial charge < -0.3 is 21.5 Å². The first-order valence-corrected chi connectivity index (χ1v) is 6.16. The third kappa shape index (κ3) is 3.25. The van der Waals surface area contributed by atoms with E-state index in [9.17, 15) is 4.39 Å². The lowest BCUT2D eigenvalue weighted by Crippen LogP contribution is -2.12. The summed E-state index contributed by atoms with van der Waals surface area (Å²) in [5.74, 6) is 0.0241. The van der Waals surface area contributed by atoms with E-state index in [-0.39, 0.29) is 29.1 Å². The highest BCUT2D eigenvalue weighted by Gasteiger charge is 2.13. The molecule has 1 aromatic carbocycles. The molecule has 20 heavy (non-hydrogen) atoms. The van der Waals surface area contributed by atoms with Gasteiger partial charge in [0, 0.05) is 6.54 Å². The van der Waals surface area contributed by atoms with E-state index < -0.39 is 5.82 Å². The van der Waals surface area contributed by atoms with Crippen molar-refractivity contribution in [3.8, 4) is 5.75 Å². The zero-order valence-electron chi connectivity index (χ0n) is 10.4. The minimum absolute atomic E-state index is 0.0256. The summed E-state index contributed by atoms with van der Waals surface area (Å²) in [6.07, 6.45) is 1.33. The van der Waals surface area contributed by atoms with E-state index in [1.807, 2.05) is 0 Å². The topological polar surface area (TPSA) is 99.1 Å². The van der Waals surface area contributed by atoms with Crippen molar-refractivity contribution in [1.29, 1.82) is 0 Å². The zero-order valence-corrected chi connectivity index (χ0v) is 11.2. The predicted octanol–water partition coefficient (Wildman–Crippen LogP) is 1.93. The second kappa shape index (κ2) is 6.36. The van der Waals surface area contributed by atoms with E-state index in [4.69, 9.17) is 27.8 Å². The van der Waals surface area contributed by atoms with Crippen molar-refractivity contribution >= 4 is 29.1 Å². The molecule has 5 N–H and O–H groups in total. The molecule has 0 aliphatic heterocycles. The van der Waals surface area contributed by atoms with E-state index in [2.05, 4.69) is 15.3 Å². The Hall–Kier alpha value is -2.12. The molecular weight excluding hydrogens is 285 g/mol. The number of anilines is 3. The summed E-state index contributed by atoms with van der Waals surface area (Å²) in [4.78, 5) is 7.64. The molecular formula is C12H13ClFN5O. The Morgan fingerprint density at radius 2 is 2.20 bits per heavy atom. The Bertz CT molecular complexity index is 610. The molecule has 0 amide bonds. The van der Waals surface area contributed by atoms with E-state index >= 15 is 0 Å². The van der Waals surface area contributed by atoms with E-state index in [0.29, 0.717) is 12.3 Å². The quantitative estimate of drug-likeness (QED) is 0.780. The first-order chi connectivity index (χ1) is 9.61. The smallest absolute Gasteiger partial charge is 0.222 e. The van der Waals surface area contributed by atoms with Gasteiger partial charge in [-0.25, -0.2) is 9.37 Å². The van der Waals surface area contributed by atoms with Crippen LogP contribution >= 0.6 is 11.6 Å². The standard InChI is InChI=1S/C12H13ClFN5O/c13-7-6-17-12(16)19-11(7)18-10-8(14)2-1-3-9(10)20-5-4-15/h1-3,6H,4-5,15H2,(H3,16,17,18,19). The van der Waals surface area contributed by atoms with Crippen molar-refractivity contribution in [1.82, 2.24) is 9.97 Å². The maximum atomic E-state index is 13.9. The minimum atomic E-state index is -0.507. The average Bonchev–Trinajstić information content (AvgIpc) is 2.43. The Morgan fingerprint density at radius 3 is 2.95 bits per heavy atom. The van der Waals surface area contributed by atoms with Gasteiger partial charge in [0.25, 0.3) is 0 Å². The number of nitrogens with two attached hydrogens (primary N) is 2. The van der Waals surface area contributed by atoms with Gasteiger partial charge in [-0.15, -0.1) is 0 Å². The number of hydrogen-bond donors (Lipinski definition) is 3. The summed E-state index contributed by atoms with van der Waals surface area (Å²) in [5.41, 5.74) is 11.0. The predicted molar refractivity (Wildman–Crippen MR) is 75.7 cm³/mol. The van der Waals surface area contributed by atoms with Gasteiger partial charge in [0.1, 0.15) is 23.1 Å². The Morgan fingerprint density at radius 1 is 1.40 bits per heavy atom. The maximum Gasteiger partial charge on any atom is 0.222 e. The number of benzene rings is 1. The van der Waals surface area contributed by atoms with E-state index in [1.54, 1.807) is 6.07 Å². The summed E-state index contributed by atoms with van der Waals surface area (Å²) in [6.45, 7) is 0.578. The first-order valence-electron chi connectivity index (χ1n) is 5.78. The summed E-state index contributed by atoms with van der Waals surface area (Å²) in [5, 5.41) is 2.97. The van der Waals surface area contributed by atoms with Crippen LogP contribution in [0.3, 0.4) is 0 Å². The molecule has 0 saturated heterocycles. The summed E-state index contributed by atoms with van der Waals surface area (Å²) >= 11 is 5.93. The fraction of sp³-hybridized carbons (Fsp3) is 0.167. The SMILES string of the molecule is NCCOc1cccc(F)c1Nc1nc(N)ncc1Cl. The number of nitrogens with zero attached hydrogens (tertiary/aromatic N) is 2. The van der Waals surface area contributed by atoms with Crippen molar-refractivity contribution in [3.05, 3.63) is 35.2 Å². The number of nitrogens with one attached hydrogen (secondary N) is 1. The van der Waals surface area contributed by atoms with Gasteiger partial charge in [0.2, 0.25) is 5.95 Å². The maximum absolute atomic E-state index is 13.9. The molecule has 1 heterocycles. The fourth-order valence-corrected chi connectivity index (χ4v) is 1.64. The van der Waals surface area contributed by atoms with Gasteiger partial charge in [-0.05, 0) is 12.1 Å². The number of para-hydroxylation sites is 1. The van der Waals surface area contributed by atoms with Gasteiger partial charge >= 0.3 is 0 Å². The van der Waals surface area contributed by atoms with E-state index in [0.717, 1.165) is 0 Å². The number of halogens is 2. The summed E-state index contributed by atoms with van der Waals surface area (Å²) < 4.78 is 19.3. The minimum Gasteiger partial charge on any atom is -0.490 e. The van der Waals surface area contributed by atoms with Crippen LogP contribution in [0, 0.1) is 5.82 Å². The molecule has 0 saturated carbocycles. The lowest BCUT2D eigenvalue weighted by Gasteiger charge is -2.13. The van der Waals surface area contributed by atoms with Crippen LogP contribution in [-0.2, 0) is 0 Å². The second-order valence-corrected chi connectivity index (χ2v) is 4.21. The largest absolute Gasteiger partial charge is 0.490 e. The normalized spacial score (nSPS) is 10.3. The van der Waals surface area contributed by atoms with Crippen LogP contribution in [0.15, 0.2) is 24.4 Å². The summed E-state index contributed by atoms with van der Waals surface area (Å²) in [7, 11) is 0. The van der Waals surface area contributed by atoms with Crippen molar-refractivity contribution in [2.24, 2.45) is 5.73 Å². The van der Waals surface area contributed by atoms with Gasteiger partial charge in [0.15, 0.2) is 11.6 Å². The molecule has 1 aromatic heterocycles. The molecule has 8 heteroatoms. The Balaban J connectivity index is 2.34. The molecule has 6 nitrogen and oxygen atoms in total. The van der Waals surface area contributed by atoms with Gasteiger partial charge in [-0.2, -0.15) is 4.98 Å². The van der Waals surface area contributed by atoms with Crippen molar-refractivity contribution < 1.29 is 9.13 Å².